The molecule has 3 heteroatoms. The van der Waals surface area contributed by atoms with Gasteiger partial charge in [0.2, 0.25) is 5.91 Å². The Bertz CT molecular complexity index is 443. The summed E-state index contributed by atoms with van der Waals surface area (Å²) in [5.74, 6) is 5.37. The molecular formula is C14H16FNO. The number of hydrogen-bond donors (Lipinski definition) is 1. The number of carbonyl (C=O) groups excluding carboxylic acids is 1. The zero-order valence-corrected chi connectivity index (χ0v) is 10.1. The second-order valence-corrected chi connectivity index (χ2v) is 4.16. The van der Waals surface area contributed by atoms with Gasteiger partial charge in [0.05, 0.1) is 12.1 Å². The van der Waals surface area contributed by atoms with Crippen molar-refractivity contribution in [1.29, 1.82) is 0 Å². The van der Waals surface area contributed by atoms with Gasteiger partial charge >= 0.3 is 0 Å². The first-order valence-corrected chi connectivity index (χ1v) is 5.59. The number of rotatable bonds is 3. The Kier molecular flexibility index (Phi) is 5.22. The van der Waals surface area contributed by atoms with E-state index >= 15 is 0 Å². The van der Waals surface area contributed by atoms with Crippen molar-refractivity contribution in [3.8, 4) is 11.8 Å². The van der Waals surface area contributed by atoms with Crippen molar-refractivity contribution in [2.45, 2.75) is 20.3 Å². The Labute approximate surface area is 101 Å². The highest BCUT2D eigenvalue weighted by atomic mass is 19.1. The predicted octanol–water partition coefficient (Wildman–Crippen LogP) is 2.34. The summed E-state index contributed by atoms with van der Waals surface area (Å²) in [5.41, 5.74) is 0.352. The molecule has 0 aliphatic heterocycles. The molecule has 0 saturated carbocycles. The summed E-state index contributed by atoms with van der Waals surface area (Å²) in [6.07, 6.45) is 0.487. The van der Waals surface area contributed by atoms with E-state index in [0.717, 1.165) is 0 Å². The van der Waals surface area contributed by atoms with Crippen molar-refractivity contribution in [3.05, 3.63) is 35.6 Å². The third-order valence-corrected chi connectivity index (χ3v) is 2.06. The van der Waals surface area contributed by atoms with Gasteiger partial charge in [-0.1, -0.05) is 37.8 Å². The molecule has 17 heavy (non-hydrogen) atoms. The fourth-order valence-corrected chi connectivity index (χ4v) is 1.29. The normalized spacial score (nSPS) is 9.65. The van der Waals surface area contributed by atoms with Gasteiger partial charge in [-0.3, -0.25) is 4.79 Å². The van der Waals surface area contributed by atoms with Gasteiger partial charge in [-0.2, -0.15) is 0 Å². The molecule has 0 heterocycles. The van der Waals surface area contributed by atoms with Crippen molar-refractivity contribution in [2.75, 3.05) is 6.54 Å². The highest BCUT2D eigenvalue weighted by Gasteiger charge is 2.02. The standard InChI is InChI=1S/C14H16FNO/c1-11(2)10-14(17)16-9-5-7-12-6-3-4-8-13(12)15/h3-4,6,8,11H,9-10H2,1-2H3,(H,16,17). The Hall–Kier alpha value is -1.82. The van der Waals surface area contributed by atoms with Crippen LogP contribution >= 0.6 is 0 Å². The molecule has 0 bridgehead atoms. The van der Waals surface area contributed by atoms with Crippen molar-refractivity contribution in [3.63, 3.8) is 0 Å². The predicted molar refractivity (Wildman–Crippen MR) is 65.7 cm³/mol. The molecule has 0 atom stereocenters. The van der Waals surface area contributed by atoms with Crippen LogP contribution in [0.15, 0.2) is 24.3 Å². The van der Waals surface area contributed by atoms with Crippen LogP contribution in [-0.4, -0.2) is 12.5 Å². The third kappa shape index (κ3) is 5.17. The topological polar surface area (TPSA) is 29.1 Å². The van der Waals surface area contributed by atoms with Crippen molar-refractivity contribution in [2.24, 2.45) is 5.92 Å². The molecule has 1 aromatic rings. The molecule has 0 fully saturated rings. The maximum absolute atomic E-state index is 13.2. The van der Waals surface area contributed by atoms with Gasteiger partial charge in [0.15, 0.2) is 0 Å². The number of hydrogen-bond acceptors (Lipinski definition) is 1. The van der Waals surface area contributed by atoms with Crippen LogP contribution in [0.5, 0.6) is 0 Å². The van der Waals surface area contributed by atoms with Crippen molar-refractivity contribution >= 4 is 5.91 Å². The molecule has 90 valence electrons. The molecule has 1 N–H and O–H groups in total. The van der Waals surface area contributed by atoms with Crippen molar-refractivity contribution in [1.82, 2.24) is 5.32 Å². The van der Waals surface area contributed by atoms with E-state index < -0.39 is 0 Å². The smallest absolute Gasteiger partial charge is 0.221 e. The summed E-state index contributed by atoms with van der Waals surface area (Å²) < 4.78 is 13.2. The van der Waals surface area contributed by atoms with Gasteiger partial charge in [-0.25, -0.2) is 4.39 Å². The Balaban J connectivity index is 2.42. The summed E-state index contributed by atoms with van der Waals surface area (Å²) in [4.78, 5) is 11.3. The quantitative estimate of drug-likeness (QED) is 0.798. The molecule has 1 aromatic carbocycles. The van der Waals surface area contributed by atoms with Gasteiger partial charge in [0.25, 0.3) is 0 Å². The van der Waals surface area contributed by atoms with E-state index in [9.17, 15) is 9.18 Å². The molecule has 0 aliphatic rings. The molecule has 2 nitrogen and oxygen atoms in total. The summed E-state index contributed by atoms with van der Waals surface area (Å²) >= 11 is 0. The highest BCUT2D eigenvalue weighted by molar-refractivity contribution is 5.76. The van der Waals surface area contributed by atoms with Crippen LogP contribution in [0.3, 0.4) is 0 Å². The van der Waals surface area contributed by atoms with Crippen LogP contribution in [0.1, 0.15) is 25.8 Å². The summed E-state index contributed by atoms with van der Waals surface area (Å²) in [6.45, 7) is 4.20. The van der Waals surface area contributed by atoms with Gasteiger partial charge < -0.3 is 5.32 Å². The first-order valence-electron chi connectivity index (χ1n) is 5.59. The second kappa shape index (κ2) is 6.70. The van der Waals surface area contributed by atoms with Gasteiger partial charge in [0, 0.05) is 6.42 Å². The van der Waals surface area contributed by atoms with E-state index in [-0.39, 0.29) is 18.3 Å². The highest BCUT2D eigenvalue weighted by Crippen LogP contribution is 2.03. The van der Waals surface area contributed by atoms with Crippen molar-refractivity contribution < 1.29 is 9.18 Å². The average molecular weight is 233 g/mol. The van der Waals surface area contributed by atoms with Crippen LogP contribution in [0.4, 0.5) is 4.39 Å². The van der Waals surface area contributed by atoms with Crippen LogP contribution in [0.25, 0.3) is 0 Å². The first kappa shape index (κ1) is 13.2. The molecule has 0 radical (unpaired) electrons. The Morgan fingerprint density at radius 3 is 2.76 bits per heavy atom. The lowest BCUT2D eigenvalue weighted by molar-refractivity contribution is -0.121. The SMILES string of the molecule is CC(C)CC(=O)NCC#Cc1ccccc1F. The number of halogens is 1. The molecule has 1 amide bonds. The van der Waals surface area contributed by atoms with E-state index in [0.29, 0.717) is 17.9 Å². The first-order chi connectivity index (χ1) is 8.09. The molecule has 0 unspecified atom stereocenters. The Morgan fingerprint density at radius 2 is 2.12 bits per heavy atom. The van der Waals surface area contributed by atoms with Gasteiger partial charge in [-0.15, -0.1) is 0 Å². The minimum atomic E-state index is -0.339. The van der Waals surface area contributed by atoms with Crippen LogP contribution < -0.4 is 5.32 Å². The monoisotopic (exact) mass is 233 g/mol. The zero-order valence-electron chi connectivity index (χ0n) is 10.1. The van der Waals surface area contributed by atoms with E-state index in [1.807, 2.05) is 13.8 Å². The molecule has 0 spiro atoms. The fraction of sp³-hybridized carbons (Fsp3) is 0.357. The summed E-state index contributed by atoms with van der Waals surface area (Å²) in [6, 6.07) is 6.31. The number of nitrogens with one attached hydrogen (secondary N) is 1. The summed E-state index contributed by atoms with van der Waals surface area (Å²) in [5, 5.41) is 2.67. The zero-order chi connectivity index (χ0) is 12.7. The lowest BCUT2D eigenvalue weighted by atomic mass is 10.1. The fourth-order valence-electron chi connectivity index (χ4n) is 1.29. The van der Waals surface area contributed by atoms with Gasteiger partial charge in [-0.05, 0) is 18.1 Å². The van der Waals surface area contributed by atoms with Gasteiger partial charge in [0.1, 0.15) is 5.82 Å². The maximum Gasteiger partial charge on any atom is 0.221 e. The number of amides is 1. The number of benzene rings is 1. The van der Waals surface area contributed by atoms with Crippen LogP contribution in [0.2, 0.25) is 0 Å². The lowest BCUT2D eigenvalue weighted by Gasteiger charge is -2.03. The molecular weight excluding hydrogens is 217 g/mol. The molecule has 0 aromatic heterocycles. The van der Waals surface area contributed by atoms with E-state index in [1.165, 1.54) is 6.07 Å². The second-order valence-electron chi connectivity index (χ2n) is 4.16. The minimum Gasteiger partial charge on any atom is -0.345 e. The summed E-state index contributed by atoms with van der Waals surface area (Å²) in [7, 11) is 0. The average Bonchev–Trinajstić information content (AvgIpc) is 2.25. The van der Waals surface area contributed by atoms with E-state index in [1.54, 1.807) is 18.2 Å². The molecule has 0 saturated heterocycles. The molecule has 1 rings (SSSR count). The lowest BCUT2D eigenvalue weighted by Crippen LogP contribution is -2.24. The number of carbonyl (C=O) groups is 1. The maximum atomic E-state index is 13.2. The largest absolute Gasteiger partial charge is 0.345 e. The Morgan fingerprint density at radius 1 is 1.41 bits per heavy atom. The van der Waals surface area contributed by atoms with E-state index in [4.69, 9.17) is 0 Å². The molecule has 0 aliphatic carbocycles. The third-order valence-electron chi connectivity index (χ3n) is 2.06. The van der Waals surface area contributed by atoms with Crippen LogP contribution in [-0.2, 0) is 4.79 Å². The van der Waals surface area contributed by atoms with E-state index in [2.05, 4.69) is 17.2 Å². The minimum absolute atomic E-state index is 0.0252. The van der Waals surface area contributed by atoms with Crippen LogP contribution in [0, 0.1) is 23.6 Å².